The number of unbranched alkanes of at least 4 members (excludes halogenated alkanes) is 1. The predicted octanol–water partition coefficient (Wildman–Crippen LogP) is 4.62. The summed E-state index contributed by atoms with van der Waals surface area (Å²) < 4.78 is 62.2. The van der Waals surface area contributed by atoms with Crippen molar-refractivity contribution < 1.29 is 36.6 Å². The normalized spacial score (nSPS) is 16.4. The number of likely N-dealkylation sites (tertiary alicyclic amines) is 1. The molecular weight excluding hydrogens is 598 g/mol. The Balaban J connectivity index is 0.923. The van der Waals surface area contributed by atoms with Crippen LogP contribution < -0.4 is 10.1 Å². The monoisotopic (exact) mass is 629 g/mol. The number of nitrogens with one attached hydrogen (secondary N) is 1. The van der Waals surface area contributed by atoms with Gasteiger partial charge in [-0.1, -0.05) is 16.9 Å². The van der Waals surface area contributed by atoms with Gasteiger partial charge in [0.05, 0.1) is 17.6 Å². The number of benzene rings is 1. The predicted molar refractivity (Wildman–Crippen MR) is 150 cm³/mol. The number of carbonyl (C=O) groups is 2. The van der Waals surface area contributed by atoms with Gasteiger partial charge in [0.1, 0.15) is 17.7 Å². The Morgan fingerprint density at radius 1 is 1.07 bits per heavy atom. The summed E-state index contributed by atoms with van der Waals surface area (Å²) in [7, 11) is 0. The highest BCUT2D eigenvalue weighted by atomic mass is 19.4. The van der Waals surface area contributed by atoms with E-state index < -0.39 is 23.8 Å². The quantitative estimate of drug-likeness (QED) is 0.241. The molecule has 15 heteroatoms. The summed E-state index contributed by atoms with van der Waals surface area (Å²) in [6.45, 7) is 1.48. The first kappa shape index (κ1) is 30.5. The summed E-state index contributed by atoms with van der Waals surface area (Å²) in [5.41, 5.74) is 3.98. The SMILES string of the molecule is O=C(NCc1cc(OC(F)(F)F)ccc1F)c1cn(CCCCc2cc3c(nn2)CC(C2CN(C(=O)OC4CCC4)C2)=C3)nn1. The molecule has 0 spiro atoms. The van der Waals surface area contributed by atoms with Crippen LogP contribution in [0, 0.1) is 11.7 Å². The Bertz CT molecular complexity index is 1600. The van der Waals surface area contributed by atoms with Crippen molar-refractivity contribution in [3.05, 3.63) is 70.1 Å². The molecule has 6 rings (SSSR count). The number of ether oxygens (including phenoxy) is 2. The summed E-state index contributed by atoms with van der Waals surface area (Å²) in [4.78, 5) is 26.4. The number of nitrogens with zero attached hydrogens (tertiary/aromatic N) is 6. The molecule has 11 nitrogen and oxygen atoms in total. The minimum absolute atomic E-state index is 0.00461. The van der Waals surface area contributed by atoms with Gasteiger partial charge in [-0.2, -0.15) is 10.2 Å². The Kier molecular flexibility index (Phi) is 8.67. The van der Waals surface area contributed by atoms with Crippen molar-refractivity contribution in [1.82, 2.24) is 35.4 Å². The number of rotatable bonds is 11. The molecule has 1 aliphatic heterocycles. The van der Waals surface area contributed by atoms with Gasteiger partial charge in [0.15, 0.2) is 5.69 Å². The van der Waals surface area contributed by atoms with Crippen molar-refractivity contribution in [2.45, 2.75) is 70.5 Å². The second kappa shape index (κ2) is 12.8. The maximum Gasteiger partial charge on any atom is 0.573 e. The van der Waals surface area contributed by atoms with Gasteiger partial charge in [-0.25, -0.2) is 9.18 Å². The number of amides is 2. The van der Waals surface area contributed by atoms with E-state index >= 15 is 0 Å². The first-order valence-electron chi connectivity index (χ1n) is 14.8. The average Bonchev–Trinajstić information content (AvgIpc) is 3.58. The first-order valence-corrected chi connectivity index (χ1v) is 14.8. The lowest BCUT2D eigenvalue weighted by molar-refractivity contribution is -0.274. The third-order valence-electron chi connectivity index (χ3n) is 8.18. The topological polar surface area (TPSA) is 124 Å². The summed E-state index contributed by atoms with van der Waals surface area (Å²) in [6.07, 6.45) is 4.61. The van der Waals surface area contributed by atoms with Gasteiger partial charge >= 0.3 is 12.5 Å². The number of carbonyl (C=O) groups excluding carboxylic acids is 2. The third-order valence-corrected chi connectivity index (χ3v) is 8.18. The molecule has 1 aromatic carbocycles. The summed E-state index contributed by atoms with van der Waals surface area (Å²) in [5.74, 6) is -1.70. The molecule has 0 atom stereocenters. The Hall–Kier alpha value is -4.56. The van der Waals surface area contributed by atoms with E-state index in [2.05, 4.69) is 42.7 Å². The van der Waals surface area contributed by atoms with Gasteiger partial charge in [0, 0.05) is 44.1 Å². The fourth-order valence-electron chi connectivity index (χ4n) is 5.37. The molecule has 2 fully saturated rings. The maximum absolute atomic E-state index is 14.0. The molecule has 0 radical (unpaired) electrons. The number of hydrogen-bond acceptors (Lipinski definition) is 8. The van der Waals surface area contributed by atoms with Crippen molar-refractivity contribution in [2.24, 2.45) is 5.92 Å². The van der Waals surface area contributed by atoms with E-state index in [1.807, 2.05) is 0 Å². The number of alkyl halides is 3. The van der Waals surface area contributed by atoms with Crippen LogP contribution in [0.25, 0.3) is 6.08 Å². The number of fused-ring (bicyclic) bond motifs is 1. The van der Waals surface area contributed by atoms with Crippen LogP contribution in [-0.2, 0) is 30.7 Å². The molecule has 3 heterocycles. The van der Waals surface area contributed by atoms with Gasteiger partial charge in [-0.15, -0.1) is 18.3 Å². The molecule has 1 saturated heterocycles. The van der Waals surface area contributed by atoms with E-state index in [1.165, 1.54) is 16.5 Å². The molecule has 3 aromatic rings. The Labute approximate surface area is 255 Å². The zero-order valence-electron chi connectivity index (χ0n) is 24.2. The van der Waals surface area contributed by atoms with E-state index in [9.17, 15) is 27.2 Å². The molecule has 2 aliphatic carbocycles. The molecule has 45 heavy (non-hydrogen) atoms. The Morgan fingerprint density at radius 2 is 1.89 bits per heavy atom. The molecule has 1 saturated carbocycles. The maximum atomic E-state index is 14.0. The minimum atomic E-state index is -4.92. The van der Waals surface area contributed by atoms with Crippen LogP contribution in [0.15, 0.2) is 36.0 Å². The standard InChI is InChI=1S/C30H31F4N7O4/c31-25-8-7-24(45-30(32,33)34)12-20(25)14-35-28(42)27-17-41(39-38-27)9-2-1-4-22-11-19-10-18(13-26(19)37-36-22)21-15-40(16-21)29(43)44-23-5-3-6-23/h7-8,10-12,17,21,23H,1-6,9,13-16H2,(H,35,42). The van der Waals surface area contributed by atoms with Crippen LogP contribution in [0.5, 0.6) is 5.75 Å². The molecule has 1 N–H and O–H groups in total. The van der Waals surface area contributed by atoms with E-state index in [1.54, 1.807) is 4.90 Å². The smallest absolute Gasteiger partial charge is 0.446 e. The number of aromatic nitrogens is 5. The highest BCUT2D eigenvalue weighted by Crippen LogP contribution is 2.34. The van der Waals surface area contributed by atoms with Gasteiger partial charge in [0.25, 0.3) is 5.91 Å². The first-order chi connectivity index (χ1) is 21.6. The zero-order chi connectivity index (χ0) is 31.6. The van der Waals surface area contributed by atoms with Crippen molar-refractivity contribution in [3.8, 4) is 5.75 Å². The van der Waals surface area contributed by atoms with Gasteiger partial charge in [-0.3, -0.25) is 9.48 Å². The third kappa shape index (κ3) is 7.57. The van der Waals surface area contributed by atoms with Crippen LogP contribution in [0.3, 0.4) is 0 Å². The van der Waals surface area contributed by atoms with Crippen LogP contribution >= 0.6 is 0 Å². The van der Waals surface area contributed by atoms with Crippen molar-refractivity contribution >= 4 is 18.1 Å². The lowest BCUT2D eigenvalue weighted by Crippen LogP contribution is -2.51. The largest absolute Gasteiger partial charge is 0.573 e. The zero-order valence-corrected chi connectivity index (χ0v) is 24.2. The highest BCUT2D eigenvalue weighted by molar-refractivity contribution is 5.91. The van der Waals surface area contributed by atoms with Crippen molar-refractivity contribution in [1.29, 1.82) is 0 Å². The fourth-order valence-corrected chi connectivity index (χ4v) is 5.37. The van der Waals surface area contributed by atoms with Crippen LogP contribution in [0.1, 0.15) is 65.1 Å². The number of halogens is 4. The Morgan fingerprint density at radius 3 is 2.64 bits per heavy atom. The molecule has 0 unspecified atom stereocenters. The molecule has 0 bridgehead atoms. The molecule has 3 aliphatic rings. The summed E-state index contributed by atoms with van der Waals surface area (Å²) >= 11 is 0. The lowest BCUT2D eigenvalue weighted by Gasteiger charge is -2.40. The molecule has 238 valence electrons. The molecular formula is C30H31F4N7O4. The highest BCUT2D eigenvalue weighted by Gasteiger charge is 2.37. The van der Waals surface area contributed by atoms with Crippen LogP contribution in [-0.4, -0.2) is 67.6 Å². The van der Waals surface area contributed by atoms with E-state index in [0.717, 1.165) is 73.7 Å². The van der Waals surface area contributed by atoms with Crippen molar-refractivity contribution in [3.63, 3.8) is 0 Å². The van der Waals surface area contributed by atoms with Crippen molar-refractivity contribution in [2.75, 3.05) is 13.1 Å². The van der Waals surface area contributed by atoms with E-state index in [0.29, 0.717) is 32.0 Å². The van der Waals surface area contributed by atoms with Gasteiger partial charge in [0.2, 0.25) is 0 Å². The summed E-state index contributed by atoms with van der Waals surface area (Å²) in [5, 5.41) is 19.0. The van der Waals surface area contributed by atoms with E-state index in [-0.39, 0.29) is 30.0 Å². The summed E-state index contributed by atoms with van der Waals surface area (Å²) in [6, 6.07) is 4.62. The van der Waals surface area contributed by atoms with Crippen LogP contribution in [0.2, 0.25) is 0 Å². The minimum Gasteiger partial charge on any atom is -0.446 e. The second-order valence-electron chi connectivity index (χ2n) is 11.5. The van der Waals surface area contributed by atoms with Gasteiger partial charge in [-0.05, 0) is 68.4 Å². The molecule has 2 aromatic heterocycles. The van der Waals surface area contributed by atoms with Gasteiger partial charge < -0.3 is 19.7 Å². The fraction of sp³-hybridized carbons (Fsp3) is 0.467. The van der Waals surface area contributed by atoms with E-state index in [4.69, 9.17) is 4.74 Å². The average molecular weight is 630 g/mol. The van der Waals surface area contributed by atoms with Crippen LogP contribution in [0.4, 0.5) is 22.4 Å². The lowest BCUT2D eigenvalue weighted by atomic mass is 9.90. The molecule has 2 amide bonds. The number of hydrogen-bond donors (Lipinski definition) is 1. The number of aryl methyl sites for hydroxylation is 2. The second-order valence-corrected chi connectivity index (χ2v) is 11.5.